The first kappa shape index (κ1) is 14.5. The maximum absolute atomic E-state index is 10.8. The van der Waals surface area contributed by atoms with Crippen LogP contribution in [0.15, 0.2) is 48.7 Å². The van der Waals surface area contributed by atoms with Crippen molar-refractivity contribution in [2.75, 3.05) is 31.1 Å². The largest absolute Gasteiger partial charge is 0.354 e. The molecule has 2 heterocycles. The van der Waals surface area contributed by atoms with Crippen LogP contribution in [0.4, 0.5) is 11.5 Å². The topological polar surface area (TPSA) is 62.5 Å². The zero-order valence-electron chi connectivity index (χ0n) is 12.3. The fourth-order valence-electron chi connectivity index (χ4n) is 2.70. The lowest BCUT2D eigenvalue weighted by Gasteiger charge is -2.35. The first-order valence-electron chi connectivity index (χ1n) is 7.34. The molecule has 1 aromatic heterocycles. The van der Waals surface area contributed by atoms with E-state index in [0.29, 0.717) is 0 Å². The van der Waals surface area contributed by atoms with Gasteiger partial charge in [-0.25, -0.2) is 4.98 Å². The molecule has 6 nitrogen and oxygen atoms in total. The highest BCUT2D eigenvalue weighted by Gasteiger charge is 2.18. The lowest BCUT2D eigenvalue weighted by Crippen LogP contribution is -2.46. The lowest BCUT2D eigenvalue weighted by molar-refractivity contribution is -0.384. The minimum Gasteiger partial charge on any atom is -0.354 e. The fourth-order valence-corrected chi connectivity index (χ4v) is 2.70. The molecule has 0 bridgehead atoms. The number of anilines is 1. The van der Waals surface area contributed by atoms with E-state index in [-0.39, 0.29) is 10.6 Å². The second kappa shape index (κ2) is 6.53. The maximum Gasteiger partial charge on any atom is 0.269 e. The van der Waals surface area contributed by atoms with E-state index >= 15 is 0 Å². The van der Waals surface area contributed by atoms with Gasteiger partial charge >= 0.3 is 0 Å². The van der Waals surface area contributed by atoms with Crippen molar-refractivity contribution in [3.63, 3.8) is 0 Å². The third-order valence-corrected chi connectivity index (χ3v) is 3.87. The van der Waals surface area contributed by atoms with E-state index in [9.17, 15) is 10.1 Å². The summed E-state index contributed by atoms with van der Waals surface area (Å²) in [6, 6.07) is 12.8. The number of nitro benzene ring substituents is 1. The Hall–Kier alpha value is -2.47. The van der Waals surface area contributed by atoms with Gasteiger partial charge in [0.1, 0.15) is 5.82 Å². The minimum absolute atomic E-state index is 0.157. The maximum atomic E-state index is 10.8. The van der Waals surface area contributed by atoms with E-state index < -0.39 is 0 Å². The van der Waals surface area contributed by atoms with E-state index in [1.165, 1.54) is 6.07 Å². The molecule has 114 valence electrons. The number of hydrogen-bond donors (Lipinski definition) is 0. The zero-order valence-corrected chi connectivity index (χ0v) is 12.3. The monoisotopic (exact) mass is 298 g/mol. The predicted molar refractivity (Wildman–Crippen MR) is 84.8 cm³/mol. The van der Waals surface area contributed by atoms with Crippen LogP contribution >= 0.6 is 0 Å². The van der Waals surface area contributed by atoms with Crippen LogP contribution in [-0.4, -0.2) is 41.0 Å². The minimum atomic E-state index is -0.345. The highest BCUT2D eigenvalue weighted by molar-refractivity contribution is 5.38. The van der Waals surface area contributed by atoms with Crippen molar-refractivity contribution in [2.45, 2.75) is 6.54 Å². The van der Waals surface area contributed by atoms with E-state index in [0.717, 1.165) is 44.1 Å². The van der Waals surface area contributed by atoms with E-state index in [1.54, 1.807) is 12.1 Å². The number of pyridine rings is 1. The molecule has 1 saturated heterocycles. The molecule has 1 aromatic carbocycles. The van der Waals surface area contributed by atoms with Gasteiger partial charge in [0.2, 0.25) is 0 Å². The van der Waals surface area contributed by atoms with Crippen molar-refractivity contribution in [3.05, 3.63) is 64.3 Å². The molecule has 0 amide bonds. The average molecular weight is 298 g/mol. The molecule has 2 aromatic rings. The summed E-state index contributed by atoms with van der Waals surface area (Å²) in [4.78, 5) is 19.4. The summed E-state index contributed by atoms with van der Waals surface area (Å²) < 4.78 is 0. The van der Waals surface area contributed by atoms with Crippen LogP contribution in [0.3, 0.4) is 0 Å². The van der Waals surface area contributed by atoms with Crippen LogP contribution in [0.1, 0.15) is 5.56 Å². The van der Waals surface area contributed by atoms with Gasteiger partial charge in [0.25, 0.3) is 5.69 Å². The van der Waals surface area contributed by atoms with Gasteiger partial charge in [-0.05, 0) is 17.7 Å². The summed E-state index contributed by atoms with van der Waals surface area (Å²) in [5.74, 6) is 1.01. The first-order valence-corrected chi connectivity index (χ1v) is 7.34. The van der Waals surface area contributed by atoms with Gasteiger partial charge in [0.15, 0.2) is 0 Å². The summed E-state index contributed by atoms with van der Waals surface area (Å²) >= 11 is 0. The second-order valence-corrected chi connectivity index (χ2v) is 5.38. The van der Waals surface area contributed by atoms with Gasteiger partial charge in [0, 0.05) is 51.1 Å². The van der Waals surface area contributed by atoms with Gasteiger partial charge in [-0.3, -0.25) is 15.0 Å². The van der Waals surface area contributed by atoms with Gasteiger partial charge in [-0.1, -0.05) is 18.2 Å². The van der Waals surface area contributed by atoms with Crippen molar-refractivity contribution in [1.82, 2.24) is 9.88 Å². The van der Waals surface area contributed by atoms with Crippen LogP contribution in [0.5, 0.6) is 0 Å². The number of aromatic nitrogens is 1. The van der Waals surface area contributed by atoms with Gasteiger partial charge in [-0.2, -0.15) is 0 Å². The van der Waals surface area contributed by atoms with Crippen LogP contribution in [0.2, 0.25) is 0 Å². The lowest BCUT2D eigenvalue weighted by atomic mass is 10.1. The number of rotatable bonds is 4. The molecule has 22 heavy (non-hydrogen) atoms. The Labute approximate surface area is 129 Å². The van der Waals surface area contributed by atoms with Crippen molar-refractivity contribution in [1.29, 1.82) is 0 Å². The number of nitrogens with zero attached hydrogens (tertiary/aromatic N) is 4. The molecule has 0 atom stereocenters. The van der Waals surface area contributed by atoms with E-state index in [1.807, 2.05) is 30.5 Å². The Morgan fingerprint density at radius 3 is 2.59 bits per heavy atom. The van der Waals surface area contributed by atoms with Crippen LogP contribution in [-0.2, 0) is 6.54 Å². The summed E-state index contributed by atoms with van der Waals surface area (Å²) in [7, 11) is 0. The predicted octanol–water partition coefficient (Wildman–Crippen LogP) is 2.31. The Morgan fingerprint density at radius 2 is 1.91 bits per heavy atom. The van der Waals surface area contributed by atoms with Crippen molar-refractivity contribution in [3.8, 4) is 0 Å². The first-order chi connectivity index (χ1) is 10.7. The summed E-state index contributed by atoms with van der Waals surface area (Å²) in [5, 5.41) is 10.8. The molecular weight excluding hydrogens is 280 g/mol. The zero-order chi connectivity index (χ0) is 15.4. The molecule has 0 N–H and O–H groups in total. The molecule has 1 aliphatic rings. The summed E-state index contributed by atoms with van der Waals surface area (Å²) in [6.07, 6.45) is 1.81. The van der Waals surface area contributed by atoms with Gasteiger partial charge < -0.3 is 4.90 Å². The molecule has 3 rings (SSSR count). The Bertz CT molecular complexity index is 640. The number of hydrogen-bond acceptors (Lipinski definition) is 5. The molecule has 0 saturated carbocycles. The van der Waals surface area contributed by atoms with E-state index in [2.05, 4.69) is 14.8 Å². The molecule has 1 fully saturated rings. The Balaban J connectivity index is 1.58. The van der Waals surface area contributed by atoms with Crippen molar-refractivity contribution < 1.29 is 4.92 Å². The van der Waals surface area contributed by atoms with Crippen LogP contribution < -0.4 is 4.90 Å². The Kier molecular flexibility index (Phi) is 4.29. The number of nitro groups is 1. The molecule has 0 unspecified atom stereocenters. The third kappa shape index (κ3) is 3.40. The standard InChI is InChI=1S/C16H18N4O2/c21-20(22)15-5-3-4-14(12-15)13-18-8-10-19(11-9-18)16-6-1-2-7-17-16/h1-7,12H,8-11,13H2. The fraction of sp³-hybridized carbons (Fsp3) is 0.312. The third-order valence-electron chi connectivity index (χ3n) is 3.87. The Morgan fingerprint density at radius 1 is 1.09 bits per heavy atom. The number of piperazine rings is 1. The quantitative estimate of drug-likeness (QED) is 0.640. The van der Waals surface area contributed by atoms with Crippen LogP contribution in [0, 0.1) is 10.1 Å². The highest BCUT2D eigenvalue weighted by Crippen LogP contribution is 2.17. The average Bonchev–Trinajstić information content (AvgIpc) is 2.56. The highest BCUT2D eigenvalue weighted by atomic mass is 16.6. The molecule has 0 spiro atoms. The normalized spacial score (nSPS) is 15.7. The van der Waals surface area contributed by atoms with Crippen molar-refractivity contribution >= 4 is 11.5 Å². The molecule has 6 heteroatoms. The van der Waals surface area contributed by atoms with Gasteiger partial charge in [0.05, 0.1) is 4.92 Å². The second-order valence-electron chi connectivity index (χ2n) is 5.38. The van der Waals surface area contributed by atoms with E-state index in [4.69, 9.17) is 0 Å². The smallest absolute Gasteiger partial charge is 0.269 e. The van der Waals surface area contributed by atoms with Gasteiger partial charge in [-0.15, -0.1) is 0 Å². The molecule has 0 radical (unpaired) electrons. The number of non-ortho nitro benzene ring substituents is 1. The summed E-state index contributed by atoms with van der Waals surface area (Å²) in [6.45, 7) is 4.45. The van der Waals surface area contributed by atoms with Crippen LogP contribution in [0.25, 0.3) is 0 Å². The van der Waals surface area contributed by atoms with Crippen molar-refractivity contribution in [2.24, 2.45) is 0 Å². The number of benzene rings is 1. The summed E-state index contributed by atoms with van der Waals surface area (Å²) in [5.41, 5.74) is 1.14. The molecule has 0 aliphatic carbocycles. The SMILES string of the molecule is O=[N+]([O-])c1cccc(CN2CCN(c3ccccn3)CC2)c1. The molecule has 1 aliphatic heterocycles. The molecular formula is C16H18N4O2.